The van der Waals surface area contributed by atoms with E-state index in [1.165, 1.54) is 12.1 Å². The number of hydrogen-bond acceptors (Lipinski definition) is 4. The molecule has 1 saturated heterocycles. The molecule has 1 aliphatic rings. The summed E-state index contributed by atoms with van der Waals surface area (Å²) in [5.74, 6) is 7.30. The first kappa shape index (κ1) is 21.1. The fraction of sp³-hybridized carbons (Fsp3) is 0.364. The normalized spacial score (nSPS) is 15.5. The molecule has 3 rings (SSSR count). The molecule has 2 aromatic carbocycles. The van der Waals surface area contributed by atoms with Gasteiger partial charge in [0, 0.05) is 44.1 Å². The predicted octanol–water partition coefficient (Wildman–Crippen LogP) is 3.95. The lowest BCUT2D eigenvalue weighted by atomic mass is 10.1. The SMILES string of the molecule is NC(I)Cc1cc(C#CCCN2CCOCC2)ccc1Oc1cccc(F)c1. The van der Waals surface area contributed by atoms with E-state index < -0.39 is 0 Å². The Kier molecular flexibility index (Phi) is 8.10. The van der Waals surface area contributed by atoms with Gasteiger partial charge in [0.1, 0.15) is 17.3 Å². The fourth-order valence-corrected chi connectivity index (χ4v) is 3.46. The number of benzene rings is 2. The van der Waals surface area contributed by atoms with Gasteiger partial charge in [-0.05, 0) is 35.9 Å². The van der Waals surface area contributed by atoms with Crippen molar-refractivity contribution in [3.8, 4) is 23.3 Å². The van der Waals surface area contributed by atoms with Gasteiger partial charge < -0.3 is 15.2 Å². The maximum Gasteiger partial charge on any atom is 0.130 e. The molecule has 1 fully saturated rings. The van der Waals surface area contributed by atoms with Gasteiger partial charge in [0.2, 0.25) is 0 Å². The van der Waals surface area contributed by atoms with E-state index in [9.17, 15) is 4.39 Å². The summed E-state index contributed by atoms with van der Waals surface area (Å²) in [5, 5.41) is 0. The molecule has 0 spiro atoms. The second kappa shape index (κ2) is 10.8. The van der Waals surface area contributed by atoms with Gasteiger partial charge >= 0.3 is 0 Å². The Hall–Kier alpha value is -1.66. The van der Waals surface area contributed by atoms with E-state index in [1.54, 1.807) is 12.1 Å². The van der Waals surface area contributed by atoms with Crippen LogP contribution in [0.1, 0.15) is 17.5 Å². The lowest BCUT2D eigenvalue weighted by molar-refractivity contribution is 0.0390. The molecule has 0 radical (unpaired) electrons. The van der Waals surface area contributed by atoms with Crippen LogP contribution in [0.2, 0.25) is 0 Å². The molecule has 4 nitrogen and oxygen atoms in total. The zero-order chi connectivity index (χ0) is 19.8. The molecule has 2 N–H and O–H groups in total. The first-order valence-electron chi connectivity index (χ1n) is 9.35. The molecule has 6 heteroatoms. The highest BCUT2D eigenvalue weighted by Gasteiger charge is 2.10. The van der Waals surface area contributed by atoms with Crippen molar-refractivity contribution in [1.82, 2.24) is 4.90 Å². The Morgan fingerprint density at radius 3 is 2.79 bits per heavy atom. The van der Waals surface area contributed by atoms with Crippen LogP contribution >= 0.6 is 22.6 Å². The minimum Gasteiger partial charge on any atom is -0.457 e. The van der Waals surface area contributed by atoms with Gasteiger partial charge in [0.15, 0.2) is 0 Å². The average molecular weight is 494 g/mol. The van der Waals surface area contributed by atoms with Crippen molar-refractivity contribution >= 4 is 22.6 Å². The summed E-state index contributed by atoms with van der Waals surface area (Å²) in [4.78, 5) is 2.37. The largest absolute Gasteiger partial charge is 0.457 e. The lowest BCUT2D eigenvalue weighted by Crippen LogP contribution is -2.36. The first-order valence-corrected chi connectivity index (χ1v) is 10.6. The molecular weight excluding hydrogens is 470 g/mol. The number of halogens is 2. The summed E-state index contributed by atoms with van der Waals surface area (Å²) in [6.07, 6.45) is 1.47. The van der Waals surface area contributed by atoms with Gasteiger partial charge in [-0.25, -0.2) is 4.39 Å². The number of hydrogen-bond donors (Lipinski definition) is 1. The zero-order valence-electron chi connectivity index (χ0n) is 15.7. The lowest BCUT2D eigenvalue weighted by Gasteiger charge is -2.25. The molecule has 1 atom stereocenters. The molecule has 2 aromatic rings. The predicted molar refractivity (Wildman–Crippen MR) is 117 cm³/mol. The molecule has 28 heavy (non-hydrogen) atoms. The third kappa shape index (κ3) is 6.74. The standard InChI is InChI=1S/C22H24FIN2O2/c23-19-5-3-6-20(16-19)28-21-8-7-17(14-18(21)15-22(24)25)4-1-2-9-26-10-12-27-13-11-26/h3,5-8,14,16,22H,2,9-13,15,25H2. The number of rotatable bonds is 6. The fourth-order valence-electron chi connectivity index (χ4n) is 2.99. The molecule has 0 saturated carbocycles. The summed E-state index contributed by atoms with van der Waals surface area (Å²) < 4.78 is 24.6. The molecule has 148 valence electrons. The number of ether oxygens (including phenoxy) is 2. The molecule has 1 aliphatic heterocycles. The van der Waals surface area contributed by atoms with E-state index in [1.807, 2.05) is 18.2 Å². The van der Waals surface area contributed by atoms with E-state index in [2.05, 4.69) is 39.3 Å². The van der Waals surface area contributed by atoms with Gasteiger partial charge in [-0.2, -0.15) is 0 Å². The molecular formula is C22H24FIN2O2. The highest BCUT2D eigenvalue weighted by molar-refractivity contribution is 14.1. The molecule has 0 aromatic heterocycles. The van der Waals surface area contributed by atoms with Gasteiger partial charge in [0.25, 0.3) is 0 Å². The Labute approximate surface area is 179 Å². The van der Waals surface area contributed by atoms with Crippen molar-refractivity contribution in [2.45, 2.75) is 16.9 Å². The summed E-state index contributed by atoms with van der Waals surface area (Å²) in [7, 11) is 0. The summed E-state index contributed by atoms with van der Waals surface area (Å²) in [5.41, 5.74) is 7.88. The van der Waals surface area contributed by atoms with Gasteiger partial charge in [-0.3, -0.25) is 4.90 Å². The maximum atomic E-state index is 13.4. The average Bonchev–Trinajstić information content (AvgIpc) is 2.67. The van der Waals surface area contributed by atoms with Gasteiger partial charge in [0.05, 0.1) is 17.3 Å². The van der Waals surface area contributed by atoms with Crippen LogP contribution in [0.5, 0.6) is 11.5 Å². The monoisotopic (exact) mass is 494 g/mol. The second-order valence-electron chi connectivity index (χ2n) is 6.61. The van der Waals surface area contributed by atoms with E-state index in [0.29, 0.717) is 17.9 Å². The topological polar surface area (TPSA) is 47.7 Å². The van der Waals surface area contributed by atoms with Crippen LogP contribution < -0.4 is 10.5 Å². The van der Waals surface area contributed by atoms with Crippen LogP contribution in [-0.2, 0) is 11.2 Å². The number of alkyl halides is 1. The molecule has 0 bridgehead atoms. The van der Waals surface area contributed by atoms with E-state index in [4.69, 9.17) is 15.2 Å². The first-order chi connectivity index (χ1) is 13.6. The van der Waals surface area contributed by atoms with Crippen molar-refractivity contribution in [1.29, 1.82) is 0 Å². The number of nitrogens with zero attached hydrogens (tertiary/aromatic N) is 1. The van der Waals surface area contributed by atoms with Crippen LogP contribution in [0, 0.1) is 17.7 Å². The molecule has 1 unspecified atom stereocenters. The summed E-state index contributed by atoms with van der Waals surface area (Å²) in [6, 6.07) is 11.9. The van der Waals surface area contributed by atoms with Crippen LogP contribution in [0.25, 0.3) is 0 Å². The second-order valence-corrected chi connectivity index (χ2v) is 8.21. The quantitative estimate of drug-likeness (QED) is 0.286. The van der Waals surface area contributed by atoms with E-state index in [0.717, 1.165) is 50.4 Å². The summed E-state index contributed by atoms with van der Waals surface area (Å²) in [6.45, 7) is 4.53. The van der Waals surface area contributed by atoms with E-state index >= 15 is 0 Å². The van der Waals surface area contributed by atoms with Crippen LogP contribution in [-0.4, -0.2) is 41.8 Å². The van der Waals surface area contributed by atoms with Gasteiger partial charge in [-0.1, -0.05) is 40.5 Å². The zero-order valence-corrected chi connectivity index (χ0v) is 17.8. The number of nitrogens with two attached hydrogens (primary N) is 1. The van der Waals surface area contributed by atoms with Crippen molar-refractivity contribution in [2.24, 2.45) is 5.73 Å². The van der Waals surface area contributed by atoms with Crippen LogP contribution in [0.15, 0.2) is 42.5 Å². The highest BCUT2D eigenvalue weighted by atomic mass is 127. The molecule has 0 aliphatic carbocycles. The smallest absolute Gasteiger partial charge is 0.130 e. The van der Waals surface area contributed by atoms with Crippen LogP contribution in [0.4, 0.5) is 4.39 Å². The van der Waals surface area contributed by atoms with Crippen molar-refractivity contribution in [2.75, 3.05) is 32.8 Å². The van der Waals surface area contributed by atoms with Crippen molar-refractivity contribution in [3.63, 3.8) is 0 Å². The minimum absolute atomic E-state index is 0.0445. The third-order valence-corrected chi connectivity index (χ3v) is 4.83. The summed E-state index contributed by atoms with van der Waals surface area (Å²) >= 11 is 2.18. The number of morpholine rings is 1. The van der Waals surface area contributed by atoms with Crippen molar-refractivity contribution < 1.29 is 13.9 Å². The van der Waals surface area contributed by atoms with Crippen LogP contribution in [0.3, 0.4) is 0 Å². The van der Waals surface area contributed by atoms with Crippen molar-refractivity contribution in [3.05, 3.63) is 59.4 Å². The Balaban J connectivity index is 1.68. The minimum atomic E-state index is -0.326. The molecule has 1 heterocycles. The van der Waals surface area contributed by atoms with E-state index in [-0.39, 0.29) is 9.87 Å². The Bertz CT molecular complexity index is 842. The molecule has 0 amide bonds. The highest BCUT2D eigenvalue weighted by Crippen LogP contribution is 2.28. The van der Waals surface area contributed by atoms with Gasteiger partial charge in [-0.15, -0.1) is 0 Å². The Morgan fingerprint density at radius 2 is 2.04 bits per heavy atom. The maximum absolute atomic E-state index is 13.4. The third-order valence-electron chi connectivity index (χ3n) is 4.39. The Morgan fingerprint density at radius 1 is 1.21 bits per heavy atom.